The number of carbonyl (C=O) groups is 2. The van der Waals surface area contributed by atoms with Crippen LogP contribution in [-0.2, 0) is 0 Å². The Hall–Kier alpha value is -7.54. The maximum absolute atomic E-state index is 11.0. The normalized spacial score (nSPS) is 9.92. The highest BCUT2D eigenvalue weighted by molar-refractivity contribution is 5.88. The van der Waals surface area contributed by atoms with E-state index in [1.54, 1.807) is 61.2 Å². The van der Waals surface area contributed by atoms with Crippen molar-refractivity contribution in [3.05, 3.63) is 204 Å². The van der Waals surface area contributed by atoms with Crippen LogP contribution in [0.2, 0.25) is 0 Å². The molecule has 6 heteroatoms. The number of pyridine rings is 2. The molecule has 52 heavy (non-hydrogen) atoms. The minimum absolute atomic E-state index is 0.252. The molecule has 0 bridgehead atoms. The first-order valence-corrected chi connectivity index (χ1v) is 16.2. The third-order valence-electron chi connectivity index (χ3n) is 7.98. The van der Waals surface area contributed by atoms with Crippen molar-refractivity contribution in [2.75, 3.05) is 0 Å². The van der Waals surface area contributed by atoms with Gasteiger partial charge in [0.15, 0.2) is 0 Å². The van der Waals surface area contributed by atoms with Gasteiger partial charge in [0.25, 0.3) is 0 Å². The van der Waals surface area contributed by atoms with Crippen molar-refractivity contribution < 1.29 is 19.8 Å². The molecule has 0 fully saturated rings. The molecular formula is C46H30N2O4. The molecule has 5 aromatic carbocycles. The largest absolute Gasteiger partial charge is 0.478 e. The summed E-state index contributed by atoms with van der Waals surface area (Å²) in [7, 11) is 0. The minimum atomic E-state index is -0.942. The van der Waals surface area contributed by atoms with Gasteiger partial charge in [-0.3, -0.25) is 9.97 Å². The Morgan fingerprint density at radius 2 is 0.558 bits per heavy atom. The average Bonchev–Trinajstić information content (AvgIpc) is 3.21. The number of carboxylic acids is 2. The predicted molar refractivity (Wildman–Crippen MR) is 204 cm³/mol. The second kappa shape index (κ2) is 16.7. The summed E-state index contributed by atoms with van der Waals surface area (Å²) in [6.07, 6.45) is 7.02. The quantitative estimate of drug-likeness (QED) is 0.177. The summed E-state index contributed by atoms with van der Waals surface area (Å²) in [5.41, 5.74) is 10.7. The lowest BCUT2D eigenvalue weighted by Crippen LogP contribution is -1.94. The van der Waals surface area contributed by atoms with Gasteiger partial charge >= 0.3 is 11.9 Å². The van der Waals surface area contributed by atoms with Crippen LogP contribution in [0.25, 0.3) is 33.4 Å². The molecular weight excluding hydrogens is 645 g/mol. The molecule has 0 spiro atoms. The van der Waals surface area contributed by atoms with Crippen LogP contribution >= 0.6 is 0 Å². The Morgan fingerprint density at radius 3 is 0.885 bits per heavy atom. The molecule has 0 aliphatic heterocycles. The van der Waals surface area contributed by atoms with Crippen molar-refractivity contribution in [1.82, 2.24) is 9.97 Å². The topological polar surface area (TPSA) is 100 Å². The highest BCUT2D eigenvalue weighted by Crippen LogP contribution is 2.27. The fourth-order valence-corrected chi connectivity index (χ4v) is 5.12. The Morgan fingerprint density at radius 1 is 0.327 bits per heavy atom. The van der Waals surface area contributed by atoms with Crippen LogP contribution < -0.4 is 0 Å². The molecule has 0 amide bonds. The summed E-state index contributed by atoms with van der Waals surface area (Å²) < 4.78 is 0. The molecule has 2 N–H and O–H groups in total. The van der Waals surface area contributed by atoms with Crippen LogP contribution in [0.1, 0.15) is 43.0 Å². The first-order valence-electron chi connectivity index (χ1n) is 16.2. The third kappa shape index (κ3) is 9.33. The van der Waals surface area contributed by atoms with Gasteiger partial charge in [-0.15, -0.1) is 0 Å². The molecule has 0 atom stereocenters. The van der Waals surface area contributed by atoms with Gasteiger partial charge < -0.3 is 10.2 Å². The van der Waals surface area contributed by atoms with Crippen molar-refractivity contribution in [3.8, 4) is 57.1 Å². The molecule has 0 saturated heterocycles. The zero-order chi connectivity index (χ0) is 36.1. The van der Waals surface area contributed by atoms with Gasteiger partial charge in [-0.05, 0) is 118 Å². The molecule has 2 heterocycles. The van der Waals surface area contributed by atoms with Crippen LogP contribution in [0.15, 0.2) is 170 Å². The first-order chi connectivity index (χ1) is 25.4. The van der Waals surface area contributed by atoms with Crippen LogP contribution in [-0.4, -0.2) is 32.1 Å². The standard InChI is InChI=1S/C24H17NO2.C22H13NO2/c26-24(27)23-11-9-20(10-12-23)19-3-1-17(2-4-19)18-5-7-21(8-6-18)22-13-15-25-16-14-22;24-22(25)21-11-9-19(10-12-21)6-5-17-1-3-18(4-2-17)7-8-20-13-15-23-16-14-20/h1-16H,(H,26,27);1-4,9-16H,(H,24,25). The number of aromatic carboxylic acids is 2. The van der Waals surface area contributed by atoms with E-state index in [1.165, 1.54) is 0 Å². The molecule has 0 radical (unpaired) electrons. The summed E-state index contributed by atoms with van der Waals surface area (Å²) in [6.45, 7) is 0. The van der Waals surface area contributed by atoms with Crippen LogP contribution in [0.5, 0.6) is 0 Å². The number of benzene rings is 5. The summed E-state index contributed by atoms with van der Waals surface area (Å²) in [4.78, 5) is 29.8. The van der Waals surface area contributed by atoms with Crippen LogP contribution in [0, 0.1) is 23.7 Å². The van der Waals surface area contributed by atoms with Crippen molar-refractivity contribution in [1.29, 1.82) is 0 Å². The SMILES string of the molecule is O=C(O)c1ccc(-c2ccc(-c3ccc(-c4ccncc4)cc3)cc2)cc1.O=C(O)c1ccc(C#Cc2ccc(C#Cc3ccncc3)cc2)cc1. The van der Waals surface area contributed by atoms with Gasteiger partial charge in [0, 0.05) is 47.0 Å². The second-order valence-corrected chi connectivity index (χ2v) is 11.5. The van der Waals surface area contributed by atoms with Gasteiger partial charge in [0.05, 0.1) is 11.1 Å². The van der Waals surface area contributed by atoms with Crippen molar-refractivity contribution in [2.24, 2.45) is 0 Å². The minimum Gasteiger partial charge on any atom is -0.478 e. The number of hydrogen-bond donors (Lipinski definition) is 2. The van der Waals surface area contributed by atoms with Gasteiger partial charge in [0.2, 0.25) is 0 Å². The molecule has 0 aliphatic rings. The number of hydrogen-bond acceptors (Lipinski definition) is 4. The van der Waals surface area contributed by atoms with E-state index in [0.29, 0.717) is 5.56 Å². The monoisotopic (exact) mass is 674 g/mol. The lowest BCUT2D eigenvalue weighted by molar-refractivity contribution is 0.0686. The van der Waals surface area contributed by atoms with Gasteiger partial charge in [0.1, 0.15) is 0 Å². The number of aromatic nitrogens is 2. The third-order valence-corrected chi connectivity index (χ3v) is 7.98. The number of rotatable bonds is 5. The maximum atomic E-state index is 11.0. The second-order valence-electron chi connectivity index (χ2n) is 11.5. The van der Waals surface area contributed by atoms with Crippen molar-refractivity contribution in [2.45, 2.75) is 0 Å². The molecule has 7 rings (SSSR count). The smallest absolute Gasteiger partial charge is 0.335 e. The summed E-state index contributed by atoms with van der Waals surface area (Å²) >= 11 is 0. The van der Waals surface area contributed by atoms with E-state index >= 15 is 0 Å². The molecule has 2 aromatic heterocycles. The predicted octanol–water partition coefficient (Wildman–Crippen LogP) is 9.36. The zero-order valence-corrected chi connectivity index (χ0v) is 27.8. The molecule has 0 aliphatic carbocycles. The van der Waals surface area contributed by atoms with Crippen molar-refractivity contribution in [3.63, 3.8) is 0 Å². The van der Waals surface area contributed by atoms with E-state index < -0.39 is 11.9 Å². The van der Waals surface area contributed by atoms with E-state index in [2.05, 4.69) is 82.2 Å². The maximum Gasteiger partial charge on any atom is 0.335 e. The summed E-state index contributed by atoms with van der Waals surface area (Å²) in [5.74, 6) is 10.4. The Balaban J connectivity index is 0.000000179. The van der Waals surface area contributed by atoms with E-state index in [1.807, 2.05) is 60.7 Å². The molecule has 0 unspecified atom stereocenters. The van der Waals surface area contributed by atoms with Gasteiger partial charge in [-0.25, -0.2) is 9.59 Å². The fourth-order valence-electron chi connectivity index (χ4n) is 5.12. The Kier molecular flexibility index (Phi) is 11.0. The molecule has 7 aromatic rings. The highest BCUT2D eigenvalue weighted by atomic mass is 16.4. The highest BCUT2D eigenvalue weighted by Gasteiger charge is 2.05. The Labute approximate surface area is 301 Å². The van der Waals surface area contributed by atoms with E-state index in [0.717, 1.165) is 55.6 Å². The summed E-state index contributed by atoms with van der Waals surface area (Å²) in [5, 5.41) is 17.9. The molecule has 6 nitrogen and oxygen atoms in total. The molecule has 0 saturated carbocycles. The van der Waals surface area contributed by atoms with E-state index in [-0.39, 0.29) is 5.56 Å². The summed E-state index contributed by atoms with van der Waals surface area (Å²) in [6, 6.07) is 45.6. The molecule has 248 valence electrons. The van der Waals surface area contributed by atoms with Crippen LogP contribution in [0.3, 0.4) is 0 Å². The average molecular weight is 675 g/mol. The fraction of sp³-hybridized carbons (Fsp3) is 0. The van der Waals surface area contributed by atoms with Crippen LogP contribution in [0.4, 0.5) is 0 Å². The zero-order valence-electron chi connectivity index (χ0n) is 27.8. The number of nitrogens with zero attached hydrogens (tertiary/aromatic N) is 2. The van der Waals surface area contributed by atoms with E-state index in [4.69, 9.17) is 10.2 Å². The Bertz CT molecular complexity index is 2400. The van der Waals surface area contributed by atoms with Crippen molar-refractivity contribution >= 4 is 11.9 Å². The first kappa shape index (κ1) is 34.3. The van der Waals surface area contributed by atoms with E-state index in [9.17, 15) is 9.59 Å². The lowest BCUT2D eigenvalue weighted by atomic mass is 9.98. The lowest BCUT2D eigenvalue weighted by Gasteiger charge is -2.07. The van der Waals surface area contributed by atoms with Gasteiger partial charge in [-0.1, -0.05) is 84.3 Å². The van der Waals surface area contributed by atoms with Gasteiger partial charge in [-0.2, -0.15) is 0 Å². The number of carboxylic acid groups (broad SMARTS) is 2.